The summed E-state index contributed by atoms with van der Waals surface area (Å²) in [6, 6.07) is 10.9. The zero-order valence-electron chi connectivity index (χ0n) is 21.2. The van der Waals surface area contributed by atoms with Crippen LogP contribution in [0.15, 0.2) is 53.6 Å². The molecule has 1 aliphatic rings. The minimum absolute atomic E-state index is 0.0717. The first-order chi connectivity index (χ1) is 17.5. The Labute approximate surface area is 219 Å². The molecule has 1 atom stereocenters. The second-order valence-electron chi connectivity index (χ2n) is 10.0. The zero-order chi connectivity index (χ0) is 26.5. The molecule has 2 aromatic carbocycles. The fourth-order valence-electron chi connectivity index (χ4n) is 4.64. The van der Waals surface area contributed by atoms with Crippen molar-refractivity contribution >= 4 is 34.1 Å². The molecule has 1 fully saturated rings. The highest BCUT2D eigenvalue weighted by atomic mass is 35.5. The van der Waals surface area contributed by atoms with Crippen molar-refractivity contribution in [3.63, 3.8) is 0 Å². The van der Waals surface area contributed by atoms with Crippen LogP contribution < -0.4 is 10.9 Å². The van der Waals surface area contributed by atoms with Crippen molar-refractivity contribution in [2.75, 3.05) is 18.9 Å². The van der Waals surface area contributed by atoms with Gasteiger partial charge in [-0.2, -0.15) is 0 Å². The molecule has 10 heteroatoms. The number of hydrogen-bond acceptors (Lipinski definition) is 6. The van der Waals surface area contributed by atoms with Crippen LogP contribution in [0.2, 0.25) is 5.02 Å². The van der Waals surface area contributed by atoms with E-state index in [1.807, 2.05) is 28.9 Å². The summed E-state index contributed by atoms with van der Waals surface area (Å²) in [6.07, 6.45) is 4.08. The molecule has 0 aliphatic carbocycles. The summed E-state index contributed by atoms with van der Waals surface area (Å²) in [5, 5.41) is 14.6. The molecule has 37 heavy (non-hydrogen) atoms. The van der Waals surface area contributed by atoms with Crippen LogP contribution in [0.5, 0.6) is 0 Å². The highest BCUT2D eigenvalue weighted by Crippen LogP contribution is 2.27. The Morgan fingerprint density at radius 3 is 2.46 bits per heavy atom. The molecule has 5 rings (SSSR count). The van der Waals surface area contributed by atoms with Crippen LogP contribution >= 0.6 is 11.6 Å². The Balaban J connectivity index is 1.49. The van der Waals surface area contributed by atoms with Crippen LogP contribution in [0.25, 0.3) is 22.0 Å². The van der Waals surface area contributed by atoms with Crippen LogP contribution in [0.4, 0.5) is 5.69 Å². The number of benzene rings is 2. The number of rotatable bonds is 6. The van der Waals surface area contributed by atoms with Crippen molar-refractivity contribution in [1.29, 1.82) is 0 Å². The van der Waals surface area contributed by atoms with Crippen LogP contribution in [0, 0.1) is 0 Å². The molecule has 2 aromatic heterocycles. The van der Waals surface area contributed by atoms with E-state index in [0.717, 1.165) is 40.9 Å². The highest BCUT2D eigenvalue weighted by Gasteiger charge is 2.29. The molecule has 1 aliphatic heterocycles. The second-order valence-corrected chi connectivity index (χ2v) is 10.4. The lowest BCUT2D eigenvalue weighted by atomic mass is 10.1. The van der Waals surface area contributed by atoms with Gasteiger partial charge in [0.15, 0.2) is 5.82 Å². The average Bonchev–Trinajstić information content (AvgIpc) is 3.31. The number of amides is 1. The third-order valence-corrected chi connectivity index (χ3v) is 7.20. The fourth-order valence-corrected chi connectivity index (χ4v) is 4.82. The van der Waals surface area contributed by atoms with E-state index in [1.165, 1.54) is 0 Å². The highest BCUT2D eigenvalue weighted by molar-refractivity contribution is 6.31. The molecule has 1 amide bonds. The van der Waals surface area contributed by atoms with Gasteiger partial charge in [0.05, 0.1) is 17.4 Å². The monoisotopic (exact) mass is 520 g/mol. The Hall–Kier alpha value is -3.69. The Morgan fingerprint density at radius 2 is 1.81 bits per heavy atom. The topological polar surface area (TPSA) is 105 Å². The van der Waals surface area contributed by atoms with Gasteiger partial charge in [-0.05, 0) is 61.7 Å². The first-order valence-electron chi connectivity index (χ1n) is 12.1. The Bertz CT molecular complexity index is 1550. The number of anilines is 1. The third-order valence-electron chi connectivity index (χ3n) is 6.83. The number of carbonyl (C=O) groups is 1. The largest absolute Gasteiger partial charge is 0.382 e. The lowest BCUT2D eigenvalue weighted by molar-refractivity contribution is -0.127. The number of aliphatic hydroxyl groups is 1. The summed E-state index contributed by atoms with van der Waals surface area (Å²) in [7, 11) is 3.53. The van der Waals surface area contributed by atoms with Crippen LogP contribution in [-0.2, 0) is 24.0 Å². The summed E-state index contributed by atoms with van der Waals surface area (Å²) in [5.41, 5.74) is 2.75. The van der Waals surface area contributed by atoms with Crippen molar-refractivity contribution in [2.45, 2.75) is 38.5 Å². The molecule has 0 bridgehead atoms. The van der Waals surface area contributed by atoms with Gasteiger partial charge in [-0.1, -0.05) is 17.7 Å². The number of likely N-dealkylation sites (N-methyl/N-ethyl adjacent to an activating group) is 1. The minimum atomic E-state index is -1.13. The minimum Gasteiger partial charge on any atom is -0.382 e. The Kier molecular flexibility index (Phi) is 6.29. The van der Waals surface area contributed by atoms with Gasteiger partial charge in [0.1, 0.15) is 11.6 Å². The predicted octanol–water partition coefficient (Wildman–Crippen LogP) is 3.37. The van der Waals surface area contributed by atoms with E-state index in [2.05, 4.69) is 15.3 Å². The number of carbonyl (C=O) groups excluding carboxylic acids is 1. The van der Waals surface area contributed by atoms with E-state index < -0.39 is 5.60 Å². The Morgan fingerprint density at radius 1 is 1.08 bits per heavy atom. The first-order valence-corrected chi connectivity index (χ1v) is 12.5. The normalized spacial score (nSPS) is 16.1. The summed E-state index contributed by atoms with van der Waals surface area (Å²) < 4.78 is 3.46. The van der Waals surface area contributed by atoms with Crippen molar-refractivity contribution in [2.24, 2.45) is 7.05 Å². The number of halogens is 1. The number of nitrogens with zero attached hydrogens (tertiary/aromatic N) is 5. The maximum Gasteiger partial charge on any atom is 0.274 e. The molecule has 2 N–H and O–H groups in total. The average molecular weight is 521 g/mol. The third kappa shape index (κ3) is 4.72. The molecular formula is C27H29ClN6O3. The number of fused-ring (bicyclic) bond motifs is 1. The van der Waals surface area contributed by atoms with Crippen molar-refractivity contribution in [3.8, 4) is 11.1 Å². The predicted molar refractivity (Wildman–Crippen MR) is 144 cm³/mol. The molecule has 9 nitrogen and oxygen atoms in total. The summed E-state index contributed by atoms with van der Waals surface area (Å²) in [6.45, 7) is 4.36. The summed E-state index contributed by atoms with van der Waals surface area (Å²) >= 11 is 6.56. The molecule has 3 heterocycles. The molecule has 0 spiro atoms. The second kappa shape index (κ2) is 9.32. The molecule has 0 saturated carbocycles. The molecular weight excluding hydrogens is 492 g/mol. The van der Waals surface area contributed by atoms with Crippen LogP contribution in [0.3, 0.4) is 0 Å². The van der Waals surface area contributed by atoms with Crippen LogP contribution in [-0.4, -0.2) is 54.9 Å². The van der Waals surface area contributed by atoms with Gasteiger partial charge in [0, 0.05) is 49.3 Å². The van der Waals surface area contributed by atoms with Gasteiger partial charge < -0.3 is 15.3 Å². The van der Waals surface area contributed by atoms with Crippen LogP contribution in [0.1, 0.15) is 31.7 Å². The van der Waals surface area contributed by atoms with Crippen molar-refractivity contribution in [3.05, 3.63) is 75.6 Å². The summed E-state index contributed by atoms with van der Waals surface area (Å²) in [5.74, 6) is 0.408. The van der Waals surface area contributed by atoms with Gasteiger partial charge in [0.25, 0.3) is 5.56 Å². The van der Waals surface area contributed by atoms with E-state index in [4.69, 9.17) is 11.6 Å². The number of aromatic nitrogens is 4. The van der Waals surface area contributed by atoms with Gasteiger partial charge in [-0.3, -0.25) is 19.0 Å². The lowest BCUT2D eigenvalue weighted by Gasteiger charge is -2.16. The van der Waals surface area contributed by atoms with Gasteiger partial charge in [0.2, 0.25) is 5.91 Å². The maximum absolute atomic E-state index is 13.0. The summed E-state index contributed by atoms with van der Waals surface area (Å²) in [4.78, 5) is 35.7. The molecule has 1 unspecified atom stereocenters. The van der Waals surface area contributed by atoms with E-state index in [9.17, 15) is 14.7 Å². The van der Waals surface area contributed by atoms with E-state index in [-0.39, 0.29) is 17.5 Å². The molecule has 1 saturated heterocycles. The van der Waals surface area contributed by atoms with Gasteiger partial charge >= 0.3 is 0 Å². The molecule has 4 aromatic rings. The zero-order valence-corrected chi connectivity index (χ0v) is 22.0. The van der Waals surface area contributed by atoms with Crippen molar-refractivity contribution in [1.82, 2.24) is 24.2 Å². The van der Waals surface area contributed by atoms with Gasteiger partial charge in [-0.15, -0.1) is 0 Å². The van der Waals surface area contributed by atoms with E-state index in [0.29, 0.717) is 22.8 Å². The van der Waals surface area contributed by atoms with Crippen molar-refractivity contribution < 1.29 is 9.90 Å². The standard InChI is InChI=1S/C27H29ClN6O3/c1-27(2,37)26-29-13-18(14-30-26)16-5-7-20-23(12-16)34(33(4)24(20)35)15-17-11-19(6-8-21(17)28)31-22-9-10-32(3)25(22)36/h5-8,11-14,22,31,37H,9-10,15H2,1-4H3. The van der Waals surface area contributed by atoms with E-state index >= 15 is 0 Å². The quantitative estimate of drug-likeness (QED) is 0.404. The smallest absolute Gasteiger partial charge is 0.274 e. The molecule has 0 radical (unpaired) electrons. The molecule has 192 valence electrons. The fraction of sp³-hybridized carbons (Fsp3) is 0.333. The first kappa shape index (κ1) is 25.0. The SMILES string of the molecule is CN1CCC(Nc2ccc(Cl)c(Cn3c4cc(-c5cnc(C(C)(C)O)nc5)ccc4c(=O)n3C)c2)C1=O. The number of nitrogens with one attached hydrogen (secondary N) is 1. The lowest BCUT2D eigenvalue weighted by Crippen LogP contribution is -2.30. The maximum atomic E-state index is 13.0. The number of hydrogen-bond donors (Lipinski definition) is 2. The number of likely N-dealkylation sites (tertiary alicyclic amines) is 1. The van der Waals surface area contributed by atoms with E-state index in [1.54, 1.807) is 62.1 Å². The van der Waals surface area contributed by atoms with Gasteiger partial charge in [-0.25, -0.2) is 9.97 Å².